The van der Waals surface area contributed by atoms with E-state index < -0.39 is 0 Å². The third kappa shape index (κ3) is 6.83. The Hall–Kier alpha value is -1.22. The molecule has 1 aromatic heterocycles. The number of nitrogens with one attached hydrogen (secondary N) is 2. The molecule has 1 heterocycles. The van der Waals surface area contributed by atoms with Crippen LogP contribution in [-0.2, 0) is 18.4 Å². The van der Waals surface area contributed by atoms with Crippen LogP contribution in [0.4, 0.5) is 4.39 Å². The average molecular weight is 490 g/mol. The highest BCUT2D eigenvalue weighted by Gasteiger charge is 2.21. The second kappa shape index (κ2) is 10.8. The lowest BCUT2D eigenvalue weighted by atomic mass is 9.84. The number of hydrogen-bond acceptors (Lipinski definition) is 3. The monoisotopic (exact) mass is 490 g/mol. The van der Waals surface area contributed by atoms with Gasteiger partial charge in [-0.1, -0.05) is 32.9 Å². The lowest BCUT2D eigenvalue weighted by Gasteiger charge is -2.26. The normalized spacial score (nSPS) is 11.8. The van der Waals surface area contributed by atoms with Gasteiger partial charge in [-0.15, -0.1) is 35.3 Å². The second-order valence-corrected chi connectivity index (χ2v) is 7.47. The number of halogens is 2. The van der Waals surface area contributed by atoms with Crippen molar-refractivity contribution in [3.63, 3.8) is 0 Å². The number of aryl methyl sites for hydroxylation is 1. The minimum absolute atomic E-state index is 0. The molecule has 7 heteroatoms. The van der Waals surface area contributed by atoms with Crippen molar-refractivity contribution in [1.29, 1.82) is 0 Å². The highest BCUT2D eigenvalue weighted by Crippen LogP contribution is 2.22. The Morgan fingerprint density at radius 1 is 1.27 bits per heavy atom. The van der Waals surface area contributed by atoms with Crippen LogP contribution >= 0.6 is 35.3 Å². The van der Waals surface area contributed by atoms with Crippen molar-refractivity contribution in [2.24, 2.45) is 4.99 Å². The van der Waals surface area contributed by atoms with Gasteiger partial charge in [0.15, 0.2) is 5.96 Å². The standard InChI is InChI=1S/C19H27FN4S.HI/c1-5-17-24-16(12-25-17)11-22-18(21-6-2)23-13-19(3,4)14-8-7-9-15(20)10-14;/h7-10,12H,5-6,11,13H2,1-4H3,(H2,21,22,23);1H. The number of aliphatic imine (C=N–C) groups is 1. The molecule has 2 N–H and O–H groups in total. The van der Waals surface area contributed by atoms with Crippen molar-refractivity contribution >= 4 is 41.3 Å². The smallest absolute Gasteiger partial charge is 0.191 e. The molecule has 0 aliphatic carbocycles. The minimum Gasteiger partial charge on any atom is -0.357 e. The minimum atomic E-state index is -0.214. The zero-order valence-electron chi connectivity index (χ0n) is 15.8. The molecule has 4 nitrogen and oxygen atoms in total. The molecule has 1 aromatic carbocycles. The predicted molar refractivity (Wildman–Crippen MR) is 119 cm³/mol. The van der Waals surface area contributed by atoms with Crippen LogP contribution in [0.3, 0.4) is 0 Å². The quantitative estimate of drug-likeness (QED) is 0.342. The molecular formula is C19H28FIN4S. The Kier molecular flexibility index (Phi) is 9.49. The lowest BCUT2D eigenvalue weighted by Crippen LogP contribution is -2.43. The Balaban J connectivity index is 0.00000338. The molecule has 2 rings (SSSR count). The molecule has 26 heavy (non-hydrogen) atoms. The molecule has 0 bridgehead atoms. The highest BCUT2D eigenvalue weighted by molar-refractivity contribution is 14.0. The topological polar surface area (TPSA) is 49.3 Å². The molecule has 0 radical (unpaired) electrons. The zero-order valence-corrected chi connectivity index (χ0v) is 19.0. The fourth-order valence-electron chi connectivity index (χ4n) is 2.40. The number of thiazole rings is 1. The van der Waals surface area contributed by atoms with Gasteiger partial charge in [0.25, 0.3) is 0 Å². The zero-order chi connectivity index (χ0) is 18.3. The molecule has 0 amide bonds. The largest absolute Gasteiger partial charge is 0.357 e. The van der Waals surface area contributed by atoms with Crippen LogP contribution < -0.4 is 10.6 Å². The average Bonchev–Trinajstić information content (AvgIpc) is 3.05. The van der Waals surface area contributed by atoms with Crippen LogP contribution in [0.2, 0.25) is 0 Å². The highest BCUT2D eigenvalue weighted by atomic mass is 127. The summed E-state index contributed by atoms with van der Waals surface area (Å²) in [6.07, 6.45) is 0.953. The molecule has 0 atom stereocenters. The number of nitrogens with zero attached hydrogens (tertiary/aromatic N) is 2. The van der Waals surface area contributed by atoms with Gasteiger partial charge in [-0.25, -0.2) is 14.4 Å². The van der Waals surface area contributed by atoms with Crippen molar-refractivity contribution in [2.45, 2.75) is 46.1 Å². The fourth-order valence-corrected chi connectivity index (χ4v) is 3.14. The Bertz CT molecular complexity index is 715. The van der Waals surface area contributed by atoms with Crippen molar-refractivity contribution in [3.05, 3.63) is 51.7 Å². The summed E-state index contributed by atoms with van der Waals surface area (Å²) in [5, 5.41) is 9.80. The third-order valence-electron chi connectivity index (χ3n) is 3.95. The maximum atomic E-state index is 13.5. The van der Waals surface area contributed by atoms with Gasteiger partial charge in [-0.2, -0.15) is 0 Å². The first-order valence-corrected chi connectivity index (χ1v) is 9.54. The maximum Gasteiger partial charge on any atom is 0.191 e. The van der Waals surface area contributed by atoms with E-state index in [1.807, 2.05) is 13.0 Å². The maximum absolute atomic E-state index is 13.5. The Morgan fingerprint density at radius 3 is 2.65 bits per heavy atom. The van der Waals surface area contributed by atoms with E-state index in [0.717, 1.165) is 35.2 Å². The van der Waals surface area contributed by atoms with E-state index in [4.69, 9.17) is 0 Å². The molecule has 0 spiro atoms. The van der Waals surface area contributed by atoms with Gasteiger partial charge < -0.3 is 10.6 Å². The van der Waals surface area contributed by atoms with Crippen LogP contribution in [0.1, 0.15) is 44.0 Å². The first-order valence-electron chi connectivity index (χ1n) is 8.66. The van der Waals surface area contributed by atoms with Crippen LogP contribution in [0.15, 0.2) is 34.6 Å². The van der Waals surface area contributed by atoms with Crippen LogP contribution in [0.5, 0.6) is 0 Å². The molecule has 0 unspecified atom stereocenters. The fraction of sp³-hybridized carbons (Fsp3) is 0.474. The van der Waals surface area contributed by atoms with Crippen LogP contribution in [0.25, 0.3) is 0 Å². The van der Waals surface area contributed by atoms with E-state index in [1.54, 1.807) is 23.5 Å². The van der Waals surface area contributed by atoms with Crippen LogP contribution in [0, 0.1) is 5.82 Å². The van der Waals surface area contributed by atoms with E-state index >= 15 is 0 Å². The number of guanidine groups is 1. The third-order valence-corrected chi connectivity index (χ3v) is 4.99. The van der Waals surface area contributed by atoms with Crippen molar-refractivity contribution in [3.8, 4) is 0 Å². The Morgan fingerprint density at radius 2 is 2.04 bits per heavy atom. The van der Waals surface area contributed by atoms with Gasteiger partial charge in [0.05, 0.1) is 17.2 Å². The number of hydrogen-bond donors (Lipinski definition) is 2. The van der Waals surface area contributed by atoms with Crippen molar-refractivity contribution in [1.82, 2.24) is 15.6 Å². The van der Waals surface area contributed by atoms with Gasteiger partial charge in [0, 0.05) is 23.9 Å². The summed E-state index contributed by atoms with van der Waals surface area (Å²) in [5.41, 5.74) is 1.74. The molecular weight excluding hydrogens is 462 g/mol. The number of rotatable bonds is 7. The molecule has 0 aliphatic heterocycles. The summed E-state index contributed by atoms with van der Waals surface area (Å²) in [7, 11) is 0. The van der Waals surface area contributed by atoms with E-state index in [9.17, 15) is 4.39 Å². The SMILES string of the molecule is CCNC(=NCc1csc(CC)n1)NCC(C)(C)c1cccc(F)c1.I. The van der Waals surface area contributed by atoms with Gasteiger partial charge >= 0.3 is 0 Å². The summed E-state index contributed by atoms with van der Waals surface area (Å²) in [4.78, 5) is 9.15. The van der Waals surface area contributed by atoms with Crippen molar-refractivity contribution in [2.75, 3.05) is 13.1 Å². The van der Waals surface area contributed by atoms with E-state index in [0.29, 0.717) is 13.1 Å². The summed E-state index contributed by atoms with van der Waals surface area (Å²) < 4.78 is 13.5. The summed E-state index contributed by atoms with van der Waals surface area (Å²) >= 11 is 1.67. The summed E-state index contributed by atoms with van der Waals surface area (Å²) in [5.74, 6) is 0.541. The first-order chi connectivity index (χ1) is 11.9. The Labute approximate surface area is 176 Å². The van der Waals surface area contributed by atoms with Gasteiger partial charge in [-0.3, -0.25) is 0 Å². The predicted octanol–water partition coefficient (Wildman–Crippen LogP) is 4.50. The van der Waals surface area contributed by atoms with Crippen molar-refractivity contribution < 1.29 is 4.39 Å². The molecule has 144 valence electrons. The molecule has 2 aromatic rings. The van der Waals surface area contributed by atoms with E-state index in [2.05, 4.69) is 46.8 Å². The van der Waals surface area contributed by atoms with E-state index in [1.165, 1.54) is 6.07 Å². The van der Waals surface area contributed by atoms with Gasteiger partial charge in [-0.05, 0) is 31.0 Å². The number of aromatic nitrogens is 1. The molecule has 0 fully saturated rings. The lowest BCUT2D eigenvalue weighted by molar-refractivity contribution is 0.503. The van der Waals surface area contributed by atoms with Gasteiger partial charge in [0.1, 0.15) is 5.82 Å². The summed E-state index contributed by atoms with van der Waals surface area (Å²) in [6.45, 7) is 10.3. The van der Waals surface area contributed by atoms with Gasteiger partial charge in [0.2, 0.25) is 0 Å². The van der Waals surface area contributed by atoms with Crippen LogP contribution in [-0.4, -0.2) is 24.0 Å². The molecule has 0 aliphatic rings. The summed E-state index contributed by atoms with van der Waals surface area (Å²) in [6, 6.07) is 6.76. The number of benzene rings is 1. The second-order valence-electron chi connectivity index (χ2n) is 6.53. The molecule has 0 saturated heterocycles. The first kappa shape index (κ1) is 22.8. The van der Waals surface area contributed by atoms with E-state index in [-0.39, 0.29) is 35.2 Å². The molecule has 0 saturated carbocycles.